The Bertz CT molecular complexity index is 843. The van der Waals surface area contributed by atoms with E-state index in [2.05, 4.69) is 5.32 Å². The lowest BCUT2D eigenvalue weighted by atomic mass is 10.1. The molecule has 0 aliphatic rings. The van der Waals surface area contributed by atoms with E-state index in [0.717, 1.165) is 0 Å². The number of ether oxygens (including phenoxy) is 2. The summed E-state index contributed by atoms with van der Waals surface area (Å²) in [5.41, 5.74) is 0.885. The van der Waals surface area contributed by atoms with Gasteiger partial charge in [0.05, 0.1) is 25.5 Å². The van der Waals surface area contributed by atoms with E-state index in [9.17, 15) is 9.59 Å². The third kappa shape index (κ3) is 4.26. The van der Waals surface area contributed by atoms with Crippen LogP contribution in [0.3, 0.4) is 0 Å². The van der Waals surface area contributed by atoms with Gasteiger partial charge in [0.25, 0.3) is 0 Å². The highest BCUT2D eigenvalue weighted by Crippen LogP contribution is 2.31. The highest BCUT2D eigenvalue weighted by molar-refractivity contribution is 6.07. The predicted octanol–water partition coefficient (Wildman–Crippen LogP) is 3.39. The van der Waals surface area contributed by atoms with Gasteiger partial charge in [0.2, 0.25) is 5.43 Å². The van der Waals surface area contributed by atoms with E-state index < -0.39 is 0 Å². The first-order chi connectivity index (χ1) is 12.1. The van der Waals surface area contributed by atoms with Crippen molar-refractivity contribution in [3.8, 4) is 11.5 Å². The van der Waals surface area contributed by atoms with E-state index in [1.807, 2.05) is 6.92 Å². The van der Waals surface area contributed by atoms with Crippen molar-refractivity contribution in [3.05, 3.63) is 69.9 Å². The van der Waals surface area contributed by atoms with Gasteiger partial charge in [0.1, 0.15) is 0 Å². The number of hydrogen-bond donors (Lipinski definition) is 1. The number of rotatable bonds is 7. The van der Waals surface area contributed by atoms with Crippen LogP contribution >= 0.6 is 0 Å². The van der Waals surface area contributed by atoms with Crippen LogP contribution in [0.5, 0.6) is 11.5 Å². The number of carbonyl (C=O) groups is 1. The molecule has 0 aliphatic carbocycles. The molecule has 0 heterocycles. The molecule has 0 aromatic heterocycles. The van der Waals surface area contributed by atoms with Crippen LogP contribution in [0, 0.1) is 0 Å². The molecule has 1 N–H and O–H groups in total. The van der Waals surface area contributed by atoms with E-state index in [1.54, 1.807) is 49.6 Å². The number of benzene rings is 1. The van der Waals surface area contributed by atoms with Crippen LogP contribution in [0.4, 0.5) is 5.69 Å². The first-order valence-corrected chi connectivity index (χ1v) is 7.93. The van der Waals surface area contributed by atoms with Crippen molar-refractivity contribution in [1.29, 1.82) is 0 Å². The zero-order valence-corrected chi connectivity index (χ0v) is 14.5. The summed E-state index contributed by atoms with van der Waals surface area (Å²) in [4.78, 5) is 25.0. The first kappa shape index (κ1) is 18.3. The molecule has 0 radical (unpaired) electrons. The van der Waals surface area contributed by atoms with Crippen molar-refractivity contribution < 1.29 is 14.3 Å². The average Bonchev–Trinajstić information content (AvgIpc) is 2.81. The summed E-state index contributed by atoms with van der Waals surface area (Å²) in [7, 11) is 3.08. The molecule has 0 atom stereocenters. The number of methoxy groups -OCH3 is 2. The van der Waals surface area contributed by atoms with Gasteiger partial charge in [-0.2, -0.15) is 0 Å². The second-order valence-corrected chi connectivity index (χ2v) is 5.19. The number of ketones is 1. The molecule has 0 amide bonds. The molecule has 5 nitrogen and oxygen atoms in total. The van der Waals surface area contributed by atoms with Crippen molar-refractivity contribution in [2.45, 2.75) is 6.92 Å². The number of nitrogens with one attached hydrogen (secondary N) is 1. The van der Waals surface area contributed by atoms with Crippen LogP contribution in [0.2, 0.25) is 0 Å². The molecule has 0 aliphatic heterocycles. The van der Waals surface area contributed by atoms with Crippen LogP contribution in [0.15, 0.2) is 53.3 Å². The Morgan fingerprint density at radius 1 is 1.08 bits per heavy atom. The zero-order valence-electron chi connectivity index (χ0n) is 14.5. The van der Waals surface area contributed by atoms with Gasteiger partial charge in [-0.3, -0.25) is 9.59 Å². The van der Waals surface area contributed by atoms with Crippen LogP contribution in [-0.4, -0.2) is 26.5 Å². The Morgan fingerprint density at radius 2 is 1.84 bits per heavy atom. The van der Waals surface area contributed by atoms with Crippen molar-refractivity contribution in [1.82, 2.24) is 0 Å². The van der Waals surface area contributed by atoms with E-state index in [0.29, 0.717) is 29.3 Å². The number of allylic oxidation sites excluding steroid dienone is 1. The quantitative estimate of drug-likeness (QED) is 0.619. The lowest BCUT2D eigenvalue weighted by Gasteiger charge is -2.09. The molecule has 0 spiro atoms. The minimum Gasteiger partial charge on any atom is -0.493 e. The number of carbonyl (C=O) groups excluding carboxylic acids is 1. The van der Waals surface area contributed by atoms with Crippen molar-refractivity contribution >= 4 is 17.5 Å². The summed E-state index contributed by atoms with van der Waals surface area (Å²) in [5.74, 6) is 0.732. The molecular weight excluding hydrogens is 318 g/mol. The Labute approximate surface area is 146 Å². The van der Waals surface area contributed by atoms with Crippen LogP contribution in [-0.2, 0) is 0 Å². The molecular formula is C20H21NO4. The molecule has 2 aromatic rings. The molecule has 2 rings (SSSR count). The summed E-state index contributed by atoms with van der Waals surface area (Å²) < 4.78 is 10.6. The Kier molecular flexibility index (Phi) is 6.34. The Hall–Kier alpha value is -3.08. The summed E-state index contributed by atoms with van der Waals surface area (Å²) >= 11 is 0. The highest BCUT2D eigenvalue weighted by Gasteiger charge is 2.11. The Morgan fingerprint density at radius 3 is 2.52 bits per heavy atom. The maximum atomic E-state index is 12.5. The zero-order chi connectivity index (χ0) is 18.2. The van der Waals surface area contributed by atoms with Gasteiger partial charge in [-0.15, -0.1) is 0 Å². The summed E-state index contributed by atoms with van der Waals surface area (Å²) in [5, 5.41) is 2.97. The lowest BCUT2D eigenvalue weighted by Crippen LogP contribution is -2.15. The molecule has 0 saturated heterocycles. The minimum atomic E-state index is -0.370. The summed E-state index contributed by atoms with van der Waals surface area (Å²) in [6.07, 6.45) is 2.98. The fourth-order valence-electron chi connectivity index (χ4n) is 2.42. The predicted molar refractivity (Wildman–Crippen MR) is 99.8 cm³/mol. The van der Waals surface area contributed by atoms with E-state index in [4.69, 9.17) is 9.47 Å². The van der Waals surface area contributed by atoms with Crippen molar-refractivity contribution in [3.63, 3.8) is 0 Å². The maximum Gasteiger partial charge on any atom is 0.212 e. The van der Waals surface area contributed by atoms with E-state index in [1.165, 1.54) is 19.3 Å². The highest BCUT2D eigenvalue weighted by atomic mass is 16.5. The second-order valence-electron chi connectivity index (χ2n) is 5.19. The van der Waals surface area contributed by atoms with Gasteiger partial charge >= 0.3 is 0 Å². The minimum absolute atomic E-state index is 0.110. The van der Waals surface area contributed by atoms with Crippen molar-refractivity contribution in [2.75, 3.05) is 26.1 Å². The molecule has 25 heavy (non-hydrogen) atoms. The number of para-hydroxylation sites is 1. The molecule has 0 unspecified atom stereocenters. The smallest absolute Gasteiger partial charge is 0.212 e. The molecule has 0 saturated carbocycles. The van der Waals surface area contributed by atoms with Gasteiger partial charge in [0, 0.05) is 12.1 Å². The van der Waals surface area contributed by atoms with E-state index >= 15 is 0 Å². The first-order valence-electron chi connectivity index (χ1n) is 7.93. The van der Waals surface area contributed by atoms with Crippen molar-refractivity contribution in [2.24, 2.45) is 0 Å². The van der Waals surface area contributed by atoms with Crippen LogP contribution < -0.4 is 20.2 Å². The molecule has 130 valence electrons. The van der Waals surface area contributed by atoms with Gasteiger partial charge < -0.3 is 14.8 Å². The fraction of sp³-hybridized carbons (Fsp3) is 0.200. The third-order valence-corrected chi connectivity index (χ3v) is 3.61. The molecule has 2 aromatic carbocycles. The maximum absolute atomic E-state index is 12.5. The Balaban J connectivity index is 2.38. The van der Waals surface area contributed by atoms with Crippen LogP contribution in [0.1, 0.15) is 22.8 Å². The largest absolute Gasteiger partial charge is 0.493 e. The average molecular weight is 339 g/mol. The topological polar surface area (TPSA) is 64.6 Å². The SMILES string of the molecule is CCNc1ccccc(C(=O)C=Cc2cccc(OC)c2OC)c1=O. The fourth-order valence-corrected chi connectivity index (χ4v) is 2.42. The van der Waals surface area contributed by atoms with E-state index in [-0.39, 0.29) is 16.8 Å². The number of hydrogen-bond acceptors (Lipinski definition) is 5. The molecule has 5 heteroatoms. The van der Waals surface area contributed by atoms with Gasteiger partial charge in [-0.1, -0.05) is 24.3 Å². The monoisotopic (exact) mass is 339 g/mol. The second kappa shape index (κ2) is 8.68. The molecule has 0 fully saturated rings. The molecule has 0 bridgehead atoms. The van der Waals surface area contributed by atoms with Crippen LogP contribution in [0.25, 0.3) is 6.08 Å². The van der Waals surface area contributed by atoms with Gasteiger partial charge in [0.15, 0.2) is 17.3 Å². The summed E-state index contributed by atoms with van der Waals surface area (Å²) in [6, 6.07) is 12.0. The number of anilines is 1. The third-order valence-electron chi connectivity index (χ3n) is 3.61. The normalized spacial score (nSPS) is 10.5. The summed E-state index contributed by atoms with van der Waals surface area (Å²) in [6.45, 7) is 2.49. The van der Waals surface area contributed by atoms with Gasteiger partial charge in [-0.05, 0) is 37.3 Å². The lowest BCUT2D eigenvalue weighted by molar-refractivity contribution is 0.104. The van der Waals surface area contributed by atoms with Gasteiger partial charge in [-0.25, -0.2) is 0 Å². The standard InChI is InChI=1S/C20H21NO4/c1-4-21-16-10-6-5-9-15(19(16)23)17(22)13-12-14-8-7-11-18(24-2)20(14)25-3/h5-13H,4H2,1-3H3,(H,21,23).